The molecule has 0 saturated carbocycles. The summed E-state index contributed by atoms with van der Waals surface area (Å²) >= 11 is 0. The summed E-state index contributed by atoms with van der Waals surface area (Å²) in [7, 11) is 1.66. The zero-order valence-electron chi connectivity index (χ0n) is 14.7. The highest BCUT2D eigenvalue weighted by molar-refractivity contribution is 5.81. The van der Waals surface area contributed by atoms with E-state index in [2.05, 4.69) is 21.0 Å². The van der Waals surface area contributed by atoms with E-state index in [0.717, 1.165) is 33.7 Å². The highest BCUT2D eigenvalue weighted by atomic mass is 16.5. The number of hydrogen-bond donors (Lipinski definition) is 1. The number of aromatic nitrogens is 3. The number of aryl methyl sites for hydroxylation is 1. The number of ether oxygens (including phenoxy) is 2. The van der Waals surface area contributed by atoms with Gasteiger partial charge in [-0.05, 0) is 48.9 Å². The molecule has 0 saturated heterocycles. The van der Waals surface area contributed by atoms with Crippen LogP contribution in [0, 0.1) is 6.92 Å². The molecule has 0 bridgehead atoms. The average molecular weight is 345 g/mol. The first kappa shape index (κ1) is 16.1. The summed E-state index contributed by atoms with van der Waals surface area (Å²) < 4.78 is 11.2. The molecule has 4 rings (SSSR count). The molecule has 0 atom stereocenters. The maximum atomic E-state index is 5.93. The zero-order chi connectivity index (χ0) is 17.9. The molecular formula is C21H19N3O2. The van der Waals surface area contributed by atoms with Crippen molar-refractivity contribution in [2.45, 2.75) is 13.3 Å². The standard InChI is InChI=1S/C21H19N3O2/c1-14-10-16-13-18(6-7-19(16)23-14)26-21-8-9-22-20(24-21)12-15-4-3-5-17(11-15)25-2/h3-11,13,23H,12H2,1-2H3. The summed E-state index contributed by atoms with van der Waals surface area (Å²) in [5.41, 5.74) is 3.31. The Morgan fingerprint density at radius 2 is 1.92 bits per heavy atom. The molecule has 5 nitrogen and oxygen atoms in total. The third-order valence-corrected chi connectivity index (χ3v) is 4.13. The molecule has 26 heavy (non-hydrogen) atoms. The Kier molecular flexibility index (Phi) is 4.27. The second-order valence-electron chi connectivity index (χ2n) is 6.14. The van der Waals surface area contributed by atoms with Gasteiger partial charge in [-0.2, -0.15) is 4.98 Å². The van der Waals surface area contributed by atoms with E-state index in [-0.39, 0.29) is 0 Å². The van der Waals surface area contributed by atoms with Crippen molar-refractivity contribution in [2.24, 2.45) is 0 Å². The molecule has 0 radical (unpaired) electrons. The topological polar surface area (TPSA) is 60.0 Å². The molecule has 0 unspecified atom stereocenters. The minimum Gasteiger partial charge on any atom is -0.497 e. The molecule has 5 heteroatoms. The molecule has 0 aliphatic rings. The lowest BCUT2D eigenvalue weighted by molar-refractivity contribution is 0.414. The molecule has 0 spiro atoms. The first-order valence-corrected chi connectivity index (χ1v) is 8.42. The van der Waals surface area contributed by atoms with Crippen LogP contribution in [-0.2, 0) is 6.42 Å². The van der Waals surface area contributed by atoms with Gasteiger partial charge in [0.25, 0.3) is 0 Å². The van der Waals surface area contributed by atoms with Crippen LogP contribution in [0.2, 0.25) is 0 Å². The number of hydrogen-bond acceptors (Lipinski definition) is 4. The van der Waals surface area contributed by atoms with Crippen molar-refractivity contribution >= 4 is 10.9 Å². The Hall–Kier alpha value is -3.34. The number of benzene rings is 2. The van der Waals surface area contributed by atoms with Crippen LogP contribution in [0.4, 0.5) is 0 Å². The van der Waals surface area contributed by atoms with E-state index in [1.54, 1.807) is 19.4 Å². The molecule has 2 aromatic carbocycles. The Morgan fingerprint density at radius 3 is 2.81 bits per heavy atom. The van der Waals surface area contributed by atoms with E-state index in [9.17, 15) is 0 Å². The molecule has 0 aliphatic carbocycles. The predicted molar refractivity (Wildman–Crippen MR) is 101 cm³/mol. The van der Waals surface area contributed by atoms with Crippen molar-refractivity contribution in [1.29, 1.82) is 0 Å². The zero-order valence-corrected chi connectivity index (χ0v) is 14.7. The predicted octanol–water partition coefficient (Wildman–Crippen LogP) is 4.66. The Morgan fingerprint density at radius 1 is 1.00 bits per heavy atom. The smallest absolute Gasteiger partial charge is 0.222 e. The first-order valence-electron chi connectivity index (χ1n) is 8.42. The fourth-order valence-corrected chi connectivity index (χ4v) is 2.93. The largest absolute Gasteiger partial charge is 0.497 e. The van der Waals surface area contributed by atoms with Crippen molar-refractivity contribution in [1.82, 2.24) is 15.0 Å². The minimum absolute atomic E-state index is 0.532. The van der Waals surface area contributed by atoms with Gasteiger partial charge in [-0.1, -0.05) is 12.1 Å². The summed E-state index contributed by atoms with van der Waals surface area (Å²) in [5.74, 6) is 2.81. The van der Waals surface area contributed by atoms with Gasteiger partial charge in [0.2, 0.25) is 5.88 Å². The van der Waals surface area contributed by atoms with Crippen molar-refractivity contribution in [2.75, 3.05) is 7.11 Å². The van der Waals surface area contributed by atoms with E-state index in [4.69, 9.17) is 9.47 Å². The molecule has 2 aromatic heterocycles. The van der Waals surface area contributed by atoms with Crippen molar-refractivity contribution in [3.05, 3.63) is 77.9 Å². The molecule has 4 aromatic rings. The minimum atomic E-state index is 0.532. The van der Waals surface area contributed by atoms with Crippen LogP contribution in [0.5, 0.6) is 17.4 Å². The number of H-pyrrole nitrogens is 1. The second-order valence-corrected chi connectivity index (χ2v) is 6.14. The second kappa shape index (κ2) is 6.88. The summed E-state index contributed by atoms with van der Waals surface area (Å²) in [6, 6.07) is 17.7. The summed E-state index contributed by atoms with van der Waals surface area (Å²) in [6.45, 7) is 2.04. The fourth-order valence-electron chi connectivity index (χ4n) is 2.93. The first-order chi connectivity index (χ1) is 12.7. The van der Waals surface area contributed by atoms with Crippen LogP contribution in [0.15, 0.2) is 60.8 Å². The Labute approximate surface area is 151 Å². The van der Waals surface area contributed by atoms with Gasteiger partial charge in [-0.25, -0.2) is 4.98 Å². The lowest BCUT2D eigenvalue weighted by Crippen LogP contribution is -1.98. The van der Waals surface area contributed by atoms with Gasteiger partial charge in [0.05, 0.1) is 7.11 Å². The van der Waals surface area contributed by atoms with Crippen molar-refractivity contribution < 1.29 is 9.47 Å². The van der Waals surface area contributed by atoms with E-state index in [0.29, 0.717) is 18.1 Å². The highest BCUT2D eigenvalue weighted by Gasteiger charge is 2.06. The van der Waals surface area contributed by atoms with E-state index >= 15 is 0 Å². The summed E-state index contributed by atoms with van der Waals surface area (Å²) in [6.07, 6.45) is 2.33. The van der Waals surface area contributed by atoms with E-state index < -0.39 is 0 Å². The lowest BCUT2D eigenvalue weighted by atomic mass is 10.1. The van der Waals surface area contributed by atoms with Gasteiger partial charge in [0, 0.05) is 35.3 Å². The maximum absolute atomic E-state index is 5.93. The number of aromatic amines is 1. The number of nitrogens with zero attached hydrogens (tertiary/aromatic N) is 2. The molecule has 1 N–H and O–H groups in total. The van der Waals surface area contributed by atoms with Gasteiger partial charge in [0.1, 0.15) is 17.3 Å². The number of methoxy groups -OCH3 is 1. The van der Waals surface area contributed by atoms with Crippen molar-refractivity contribution in [3.8, 4) is 17.4 Å². The van der Waals surface area contributed by atoms with Gasteiger partial charge in [-0.3, -0.25) is 0 Å². The SMILES string of the molecule is COc1cccc(Cc2nccc(Oc3ccc4[nH]c(C)cc4c3)n2)c1. The third kappa shape index (κ3) is 3.52. The van der Waals surface area contributed by atoms with Crippen LogP contribution in [0.25, 0.3) is 10.9 Å². The van der Waals surface area contributed by atoms with Crippen molar-refractivity contribution in [3.63, 3.8) is 0 Å². The molecule has 0 fully saturated rings. The highest BCUT2D eigenvalue weighted by Crippen LogP contribution is 2.25. The third-order valence-electron chi connectivity index (χ3n) is 4.13. The number of nitrogens with one attached hydrogen (secondary N) is 1. The van der Waals surface area contributed by atoms with Crippen LogP contribution < -0.4 is 9.47 Å². The molecule has 2 heterocycles. The van der Waals surface area contributed by atoms with Crippen LogP contribution in [-0.4, -0.2) is 22.1 Å². The van der Waals surface area contributed by atoms with Crippen LogP contribution >= 0.6 is 0 Å². The monoisotopic (exact) mass is 345 g/mol. The number of fused-ring (bicyclic) bond motifs is 1. The van der Waals surface area contributed by atoms with Gasteiger partial charge in [0.15, 0.2) is 0 Å². The van der Waals surface area contributed by atoms with Gasteiger partial charge in [-0.15, -0.1) is 0 Å². The molecular weight excluding hydrogens is 326 g/mol. The van der Waals surface area contributed by atoms with E-state index in [1.165, 1.54) is 0 Å². The van der Waals surface area contributed by atoms with E-state index in [1.807, 2.05) is 49.4 Å². The normalized spacial score (nSPS) is 10.8. The van der Waals surface area contributed by atoms with Crippen LogP contribution in [0.1, 0.15) is 17.1 Å². The molecule has 130 valence electrons. The molecule has 0 amide bonds. The Bertz CT molecular complexity index is 1060. The summed E-state index contributed by atoms with van der Waals surface area (Å²) in [4.78, 5) is 12.2. The molecule has 0 aliphatic heterocycles. The number of rotatable bonds is 5. The van der Waals surface area contributed by atoms with Gasteiger partial charge >= 0.3 is 0 Å². The average Bonchev–Trinajstić information content (AvgIpc) is 3.01. The van der Waals surface area contributed by atoms with Gasteiger partial charge < -0.3 is 14.5 Å². The fraction of sp³-hybridized carbons (Fsp3) is 0.143. The lowest BCUT2D eigenvalue weighted by Gasteiger charge is -2.07. The quantitative estimate of drug-likeness (QED) is 0.571. The maximum Gasteiger partial charge on any atom is 0.222 e. The Balaban J connectivity index is 1.54. The summed E-state index contributed by atoms with van der Waals surface area (Å²) in [5, 5.41) is 1.12. The van der Waals surface area contributed by atoms with Crippen LogP contribution in [0.3, 0.4) is 0 Å².